The lowest BCUT2D eigenvalue weighted by atomic mass is 9.83. The zero-order valence-corrected chi connectivity index (χ0v) is 26.9. The lowest BCUT2D eigenvalue weighted by Gasteiger charge is -2.49. The minimum Gasteiger partial charge on any atom is -0.496 e. The number of amides is 2. The van der Waals surface area contributed by atoms with Crippen molar-refractivity contribution in [1.29, 1.82) is 0 Å². The smallest absolute Gasteiger partial charge is 0.408 e. The molecule has 2 bridgehead atoms. The summed E-state index contributed by atoms with van der Waals surface area (Å²) in [6, 6.07) is 16.9. The van der Waals surface area contributed by atoms with Gasteiger partial charge in [-0.1, -0.05) is 36.4 Å². The summed E-state index contributed by atoms with van der Waals surface area (Å²) in [5.41, 5.74) is 3.60. The average Bonchev–Trinajstić information content (AvgIpc) is 3.09. The van der Waals surface area contributed by atoms with E-state index in [0.717, 1.165) is 16.9 Å². The first kappa shape index (κ1) is 34.0. The van der Waals surface area contributed by atoms with Gasteiger partial charge in [0.15, 0.2) is 0 Å². The molecule has 0 spiro atoms. The molecule has 3 heterocycles. The third-order valence-electron chi connectivity index (χ3n) is 8.41. The van der Waals surface area contributed by atoms with Gasteiger partial charge in [-0.05, 0) is 41.3 Å². The first-order valence-corrected chi connectivity index (χ1v) is 15.6. The van der Waals surface area contributed by atoms with Crippen LogP contribution in [0.25, 0.3) is 5.57 Å². The molecule has 0 saturated carbocycles. The number of pyridine rings is 1. The number of aromatic nitrogens is 1. The summed E-state index contributed by atoms with van der Waals surface area (Å²) in [7, 11) is 3.14. The molecule has 1 fully saturated rings. The van der Waals surface area contributed by atoms with Crippen LogP contribution in [0.3, 0.4) is 0 Å². The largest absolute Gasteiger partial charge is 0.496 e. The Labute approximate surface area is 278 Å². The Balaban J connectivity index is 1.27. The molecule has 1 aromatic heterocycles. The number of fused-ring (bicyclic) bond motifs is 2. The van der Waals surface area contributed by atoms with E-state index in [4.69, 9.17) is 23.7 Å². The van der Waals surface area contributed by atoms with Crippen LogP contribution in [0, 0.1) is 0 Å². The van der Waals surface area contributed by atoms with Gasteiger partial charge in [-0.2, -0.15) is 0 Å². The number of methoxy groups -OCH3 is 2. The van der Waals surface area contributed by atoms with Gasteiger partial charge in [0.2, 0.25) is 5.88 Å². The maximum absolute atomic E-state index is 13.0. The van der Waals surface area contributed by atoms with E-state index in [2.05, 4.69) is 4.98 Å². The Morgan fingerprint density at radius 2 is 1.56 bits per heavy atom. The summed E-state index contributed by atoms with van der Waals surface area (Å²) in [6.07, 6.45) is 0.142. The second-order valence-corrected chi connectivity index (χ2v) is 11.4. The van der Waals surface area contributed by atoms with Crippen LogP contribution >= 0.6 is 0 Å². The van der Waals surface area contributed by atoms with Gasteiger partial charge in [0.1, 0.15) is 18.1 Å². The van der Waals surface area contributed by atoms with Gasteiger partial charge in [0.05, 0.1) is 52.5 Å². The highest BCUT2D eigenvalue weighted by molar-refractivity contribution is 5.78. The number of hydrogen-bond acceptors (Lipinski definition) is 9. The summed E-state index contributed by atoms with van der Waals surface area (Å²) >= 11 is 0. The predicted octanol–water partition coefficient (Wildman–Crippen LogP) is 4.74. The monoisotopic (exact) mass is 661 g/mol. The number of carbonyl (C=O) groups is 3. The summed E-state index contributed by atoms with van der Waals surface area (Å²) in [5.74, 6) is 1.20. The highest BCUT2D eigenvalue weighted by atomic mass is 16.5. The highest BCUT2D eigenvalue weighted by Crippen LogP contribution is 2.38. The van der Waals surface area contributed by atoms with E-state index in [1.54, 1.807) is 43.6 Å². The van der Waals surface area contributed by atoms with Crippen LogP contribution in [0.1, 0.15) is 29.5 Å². The Bertz CT molecular complexity index is 1630. The molecule has 13 heteroatoms. The molecule has 5 rings (SSSR count). The lowest BCUT2D eigenvalue weighted by Crippen LogP contribution is -2.64. The van der Waals surface area contributed by atoms with E-state index in [9.17, 15) is 24.6 Å². The zero-order chi connectivity index (χ0) is 34.0. The molecule has 3 aromatic rings. The van der Waals surface area contributed by atoms with Crippen LogP contribution in [0.5, 0.6) is 17.4 Å². The van der Waals surface area contributed by atoms with Crippen molar-refractivity contribution in [2.45, 2.75) is 38.0 Å². The van der Waals surface area contributed by atoms with Crippen LogP contribution in [-0.2, 0) is 27.3 Å². The summed E-state index contributed by atoms with van der Waals surface area (Å²) in [6.45, 7) is 1.02. The van der Waals surface area contributed by atoms with Gasteiger partial charge < -0.3 is 38.8 Å². The third-order valence-corrected chi connectivity index (χ3v) is 8.41. The molecule has 2 aromatic carbocycles. The Morgan fingerprint density at radius 3 is 2.23 bits per heavy atom. The molecule has 0 radical (unpaired) electrons. The van der Waals surface area contributed by atoms with Crippen molar-refractivity contribution in [2.75, 3.05) is 47.1 Å². The molecule has 48 heavy (non-hydrogen) atoms. The van der Waals surface area contributed by atoms with Crippen molar-refractivity contribution in [2.24, 2.45) is 0 Å². The second kappa shape index (κ2) is 16.0. The standard InChI is InChI=1S/C35H39N3O10/c1-44-30-10-5-3-8-23(30)16-33(39)48-22-28-27(17-26-19-37(34(40)41)20-29(28)38(26)35(42)43)24-12-13-32(36-18-24)47-15-7-14-46-21-25-9-4-6-11-31(25)45-2/h3-6,8-13,18,26,29H,7,14-17,19-22H2,1-2H3,(H,40,41)(H,42,43)/t26-,29-/m1/s1. The van der Waals surface area contributed by atoms with Crippen LogP contribution in [0.15, 0.2) is 72.4 Å². The maximum atomic E-state index is 13.0. The fraction of sp³-hybridized carbons (Fsp3) is 0.371. The number of carbonyl (C=O) groups excluding carboxylic acids is 1. The normalized spacial score (nSPS) is 17.1. The van der Waals surface area contributed by atoms with Crippen molar-refractivity contribution >= 4 is 23.7 Å². The van der Waals surface area contributed by atoms with E-state index in [0.29, 0.717) is 54.6 Å². The van der Waals surface area contributed by atoms with E-state index in [-0.39, 0.29) is 32.5 Å². The molecule has 2 aliphatic heterocycles. The molecule has 13 nitrogen and oxygen atoms in total. The van der Waals surface area contributed by atoms with E-state index in [1.807, 2.05) is 30.3 Å². The van der Waals surface area contributed by atoms with Crippen LogP contribution in [0.4, 0.5) is 9.59 Å². The number of ether oxygens (including phenoxy) is 5. The second-order valence-electron chi connectivity index (χ2n) is 11.4. The summed E-state index contributed by atoms with van der Waals surface area (Å²) in [5, 5.41) is 19.9. The molecule has 2 N–H and O–H groups in total. The minimum absolute atomic E-state index is 0.0241. The van der Waals surface area contributed by atoms with Gasteiger partial charge in [-0.15, -0.1) is 0 Å². The van der Waals surface area contributed by atoms with Crippen molar-refractivity contribution in [3.8, 4) is 17.4 Å². The SMILES string of the molecule is COc1ccccc1COCCCOc1ccc(C2=C(COC(=O)Cc3ccccc3OC)[C@H]3CN(C(=O)O)C[C@@H](C2)N3C(=O)O)cn1. The Kier molecular flexibility index (Phi) is 11.4. The maximum Gasteiger partial charge on any atom is 0.408 e. The number of rotatable bonds is 14. The number of piperazine rings is 1. The summed E-state index contributed by atoms with van der Waals surface area (Å²) in [4.78, 5) is 44.2. The first-order chi connectivity index (χ1) is 23.3. The molecular formula is C35H39N3O10. The third kappa shape index (κ3) is 8.15. The fourth-order valence-electron chi connectivity index (χ4n) is 6.11. The Morgan fingerprint density at radius 1 is 0.854 bits per heavy atom. The molecule has 1 saturated heterocycles. The average molecular weight is 662 g/mol. The van der Waals surface area contributed by atoms with E-state index >= 15 is 0 Å². The molecule has 2 atom stereocenters. The number of esters is 1. The predicted molar refractivity (Wildman–Crippen MR) is 173 cm³/mol. The van der Waals surface area contributed by atoms with Crippen LogP contribution in [0.2, 0.25) is 0 Å². The number of carboxylic acid groups (broad SMARTS) is 2. The van der Waals surface area contributed by atoms with Crippen molar-refractivity contribution in [3.05, 3.63) is 89.1 Å². The van der Waals surface area contributed by atoms with Gasteiger partial charge in [0.25, 0.3) is 0 Å². The number of nitrogens with zero attached hydrogens (tertiary/aromatic N) is 3. The molecule has 2 aliphatic rings. The number of benzene rings is 2. The molecule has 254 valence electrons. The van der Waals surface area contributed by atoms with Crippen molar-refractivity contribution in [3.63, 3.8) is 0 Å². The van der Waals surface area contributed by atoms with Gasteiger partial charge >= 0.3 is 18.2 Å². The molecule has 2 amide bonds. The van der Waals surface area contributed by atoms with Gasteiger partial charge in [-0.25, -0.2) is 14.6 Å². The molecule has 0 aliphatic carbocycles. The zero-order valence-electron chi connectivity index (χ0n) is 26.9. The quantitative estimate of drug-likeness (QED) is 0.182. The van der Waals surface area contributed by atoms with Gasteiger partial charge in [0, 0.05) is 42.9 Å². The van der Waals surface area contributed by atoms with Crippen LogP contribution < -0.4 is 14.2 Å². The highest BCUT2D eigenvalue weighted by Gasteiger charge is 2.46. The molecular weight excluding hydrogens is 622 g/mol. The fourth-order valence-corrected chi connectivity index (χ4v) is 6.11. The summed E-state index contributed by atoms with van der Waals surface area (Å²) < 4.78 is 28.0. The topological polar surface area (TPSA) is 157 Å². The van der Waals surface area contributed by atoms with Crippen molar-refractivity contribution < 1.29 is 48.3 Å². The minimum atomic E-state index is -1.17. The first-order valence-electron chi connectivity index (χ1n) is 15.6. The van der Waals surface area contributed by atoms with E-state index in [1.165, 1.54) is 16.9 Å². The molecule has 0 unspecified atom stereocenters. The van der Waals surface area contributed by atoms with Gasteiger partial charge in [-0.3, -0.25) is 9.69 Å². The Hall–Kier alpha value is -5.30. The number of hydrogen-bond donors (Lipinski definition) is 2. The lowest BCUT2D eigenvalue weighted by molar-refractivity contribution is -0.142. The van der Waals surface area contributed by atoms with Crippen molar-refractivity contribution in [1.82, 2.24) is 14.8 Å². The van der Waals surface area contributed by atoms with E-state index < -0.39 is 30.2 Å². The number of para-hydroxylation sites is 2. The van der Waals surface area contributed by atoms with Crippen LogP contribution in [-0.4, -0.2) is 102 Å².